The average Bonchev–Trinajstić information content (AvgIpc) is 2.74. The molecule has 1 rings (SSSR count). The van der Waals surface area contributed by atoms with Crippen LogP contribution < -0.4 is 0 Å². The Kier molecular flexibility index (Phi) is 6.52. The lowest BCUT2D eigenvalue weighted by Gasteiger charge is -2.23. The third-order valence-corrected chi connectivity index (χ3v) is 3.40. The van der Waals surface area contributed by atoms with Gasteiger partial charge < -0.3 is 14.2 Å². The van der Waals surface area contributed by atoms with Gasteiger partial charge in [0.2, 0.25) is 5.79 Å². The van der Waals surface area contributed by atoms with Gasteiger partial charge in [-0.3, -0.25) is 0 Å². The number of rotatable bonds is 8. The molecule has 5 nitrogen and oxygen atoms in total. The number of hydrogen-bond donors (Lipinski definition) is 0. The molecule has 0 aliphatic carbocycles. The summed E-state index contributed by atoms with van der Waals surface area (Å²) in [5.41, 5.74) is 0. The highest BCUT2D eigenvalue weighted by Gasteiger charge is 2.46. The van der Waals surface area contributed by atoms with Crippen LogP contribution in [0.3, 0.4) is 0 Å². The molecule has 0 bridgehead atoms. The Morgan fingerprint density at radius 3 is 2.47 bits per heavy atom. The van der Waals surface area contributed by atoms with E-state index < -0.39 is 14.5 Å². The topological polar surface area (TPSA) is 54.0 Å². The molecule has 0 saturated carbocycles. The highest BCUT2D eigenvalue weighted by atomic mass is 31.1. The van der Waals surface area contributed by atoms with Crippen LogP contribution in [0.25, 0.3) is 0 Å². The van der Waals surface area contributed by atoms with Gasteiger partial charge in [0.25, 0.3) is 0 Å². The summed E-state index contributed by atoms with van der Waals surface area (Å²) < 4.78 is 32.6. The van der Waals surface area contributed by atoms with Gasteiger partial charge in [-0.05, 0) is 18.4 Å². The van der Waals surface area contributed by atoms with Crippen LogP contribution in [0, 0.1) is 5.92 Å². The largest absolute Gasteiger partial charge is 0.497 e. The fraction of sp³-hybridized carbons (Fsp3) is 1.00. The molecule has 1 aliphatic rings. The molecule has 6 heteroatoms. The van der Waals surface area contributed by atoms with E-state index >= 15 is 0 Å². The van der Waals surface area contributed by atoms with Crippen molar-refractivity contribution in [2.24, 2.45) is 5.92 Å². The fourth-order valence-corrected chi connectivity index (χ4v) is 2.50. The van der Waals surface area contributed by atoms with E-state index in [0.29, 0.717) is 32.7 Å². The zero-order valence-corrected chi connectivity index (χ0v) is 11.7. The minimum absolute atomic E-state index is 0.131. The van der Waals surface area contributed by atoms with Crippen LogP contribution in [0.1, 0.15) is 33.6 Å². The molecule has 0 amide bonds. The van der Waals surface area contributed by atoms with Gasteiger partial charge in [0.1, 0.15) is 0 Å². The van der Waals surface area contributed by atoms with Crippen molar-refractivity contribution in [3.8, 4) is 0 Å². The molecule has 0 N–H and O–H groups in total. The summed E-state index contributed by atoms with van der Waals surface area (Å²) in [4.78, 5) is 0. The summed E-state index contributed by atoms with van der Waals surface area (Å²) in [6.07, 6.45) is 1.06. The van der Waals surface area contributed by atoms with Gasteiger partial charge in [-0.1, -0.05) is 6.92 Å². The summed E-state index contributed by atoms with van der Waals surface area (Å²) >= 11 is 0. The molecule has 3 atom stereocenters. The second-order valence-electron chi connectivity index (χ2n) is 4.00. The van der Waals surface area contributed by atoms with Crippen molar-refractivity contribution >= 4 is 8.69 Å². The Hall–Kier alpha value is -0.0600. The molecular formula is C11H22O5P+. The predicted octanol–water partition coefficient (Wildman–Crippen LogP) is 2.48. The Bertz CT molecular complexity index is 232. The first-order valence-electron chi connectivity index (χ1n) is 6.13. The summed E-state index contributed by atoms with van der Waals surface area (Å²) in [5, 5.41) is 0. The van der Waals surface area contributed by atoms with E-state index in [2.05, 4.69) is 0 Å². The zero-order valence-electron chi connectivity index (χ0n) is 10.7. The van der Waals surface area contributed by atoms with Gasteiger partial charge in [-0.2, -0.15) is 0 Å². The molecule has 3 unspecified atom stereocenters. The summed E-state index contributed by atoms with van der Waals surface area (Å²) in [6.45, 7) is 7.55. The SMILES string of the molecule is CCOC(OCC)C1COC(CC)(O[PH+]=O)C1. The Balaban J connectivity index is 2.58. The van der Waals surface area contributed by atoms with Gasteiger partial charge in [0, 0.05) is 32.0 Å². The van der Waals surface area contributed by atoms with E-state index in [0.717, 1.165) is 0 Å². The van der Waals surface area contributed by atoms with Crippen molar-refractivity contribution in [2.45, 2.75) is 45.7 Å². The van der Waals surface area contributed by atoms with Crippen LogP contribution in [0.15, 0.2) is 0 Å². The first-order chi connectivity index (χ1) is 8.21. The van der Waals surface area contributed by atoms with Crippen molar-refractivity contribution in [1.29, 1.82) is 0 Å². The van der Waals surface area contributed by atoms with Gasteiger partial charge >= 0.3 is 8.69 Å². The molecule has 0 spiro atoms. The summed E-state index contributed by atoms with van der Waals surface area (Å²) in [7, 11) is -0.802. The molecule has 1 aliphatic heterocycles. The van der Waals surface area contributed by atoms with Gasteiger partial charge in [0.05, 0.1) is 6.61 Å². The fourth-order valence-electron chi connectivity index (χ4n) is 2.07. The van der Waals surface area contributed by atoms with Crippen LogP contribution in [-0.4, -0.2) is 31.9 Å². The molecule has 1 saturated heterocycles. The van der Waals surface area contributed by atoms with Crippen molar-refractivity contribution < 1.29 is 23.3 Å². The van der Waals surface area contributed by atoms with Crippen molar-refractivity contribution in [2.75, 3.05) is 19.8 Å². The van der Waals surface area contributed by atoms with E-state index in [9.17, 15) is 4.57 Å². The zero-order chi connectivity index (χ0) is 12.7. The van der Waals surface area contributed by atoms with Gasteiger partial charge in [-0.25, -0.2) is 0 Å². The summed E-state index contributed by atoms with van der Waals surface area (Å²) in [6, 6.07) is 0. The van der Waals surface area contributed by atoms with E-state index in [4.69, 9.17) is 18.7 Å². The molecular weight excluding hydrogens is 243 g/mol. The van der Waals surface area contributed by atoms with Crippen molar-refractivity contribution in [3.63, 3.8) is 0 Å². The maximum atomic E-state index is 10.6. The quantitative estimate of drug-likeness (QED) is 0.498. The Labute approximate surface area is 104 Å². The molecule has 0 radical (unpaired) electrons. The van der Waals surface area contributed by atoms with Gasteiger partial charge in [-0.15, -0.1) is 4.52 Å². The molecule has 17 heavy (non-hydrogen) atoms. The third-order valence-electron chi connectivity index (χ3n) is 2.95. The van der Waals surface area contributed by atoms with Gasteiger partial charge in [0.15, 0.2) is 6.29 Å². The van der Waals surface area contributed by atoms with E-state index in [-0.39, 0.29) is 12.2 Å². The van der Waals surface area contributed by atoms with Crippen LogP contribution in [-0.2, 0) is 23.3 Å². The minimum Gasteiger partial charge on any atom is -0.353 e. The van der Waals surface area contributed by atoms with E-state index in [1.54, 1.807) is 0 Å². The lowest BCUT2D eigenvalue weighted by atomic mass is 10.0. The van der Waals surface area contributed by atoms with Crippen molar-refractivity contribution in [1.82, 2.24) is 0 Å². The van der Waals surface area contributed by atoms with Crippen LogP contribution in [0.4, 0.5) is 0 Å². The van der Waals surface area contributed by atoms with Crippen LogP contribution >= 0.6 is 8.69 Å². The first kappa shape index (κ1) is 15.0. The predicted molar refractivity (Wildman–Crippen MR) is 64.2 cm³/mol. The molecule has 1 fully saturated rings. The standard InChI is InChI=1S/C11H22O5P/c1-4-11(16-17-12)7-9(8-15-11)10(13-5-2)14-6-3/h9-10,17H,4-8H2,1-3H3/q+1. The minimum atomic E-state index is -0.802. The maximum absolute atomic E-state index is 10.6. The Morgan fingerprint density at radius 2 is 2.00 bits per heavy atom. The normalized spacial score (nSPS) is 29.3. The molecule has 0 aromatic heterocycles. The average molecular weight is 265 g/mol. The van der Waals surface area contributed by atoms with Crippen LogP contribution in [0.2, 0.25) is 0 Å². The Morgan fingerprint density at radius 1 is 1.35 bits per heavy atom. The molecule has 0 aromatic rings. The number of ether oxygens (including phenoxy) is 3. The second-order valence-corrected chi connectivity index (χ2v) is 4.37. The van der Waals surface area contributed by atoms with Crippen molar-refractivity contribution in [3.05, 3.63) is 0 Å². The summed E-state index contributed by atoms with van der Waals surface area (Å²) in [5.74, 6) is -0.594. The highest BCUT2D eigenvalue weighted by molar-refractivity contribution is 7.17. The first-order valence-corrected chi connectivity index (χ1v) is 6.95. The van der Waals surface area contributed by atoms with E-state index in [1.165, 1.54) is 0 Å². The lowest BCUT2D eigenvalue weighted by Crippen LogP contribution is -2.31. The third kappa shape index (κ3) is 3.97. The second kappa shape index (κ2) is 7.39. The molecule has 1 heterocycles. The molecule has 0 aromatic carbocycles. The lowest BCUT2D eigenvalue weighted by molar-refractivity contribution is -0.166. The van der Waals surface area contributed by atoms with Crippen LogP contribution in [0.5, 0.6) is 0 Å². The maximum Gasteiger partial charge on any atom is 0.497 e. The molecule has 100 valence electrons. The monoisotopic (exact) mass is 265 g/mol. The van der Waals surface area contributed by atoms with E-state index in [1.807, 2.05) is 20.8 Å². The highest BCUT2D eigenvalue weighted by Crippen LogP contribution is 2.38. The number of hydrogen-bond acceptors (Lipinski definition) is 5. The smallest absolute Gasteiger partial charge is 0.353 e.